The van der Waals surface area contributed by atoms with E-state index < -0.39 is 11.3 Å². The molecule has 1 spiro atoms. The van der Waals surface area contributed by atoms with Crippen molar-refractivity contribution in [3.63, 3.8) is 0 Å². The highest BCUT2D eigenvalue weighted by Gasteiger charge is 2.75. The first-order chi connectivity index (χ1) is 17.4. The van der Waals surface area contributed by atoms with Crippen LogP contribution in [0.3, 0.4) is 0 Å². The number of nitrogens with one attached hydrogen (secondary N) is 2. The van der Waals surface area contributed by atoms with Crippen LogP contribution in [0.4, 0.5) is 14.6 Å². The maximum Gasteiger partial charge on any atom is 0.254 e. The lowest BCUT2D eigenvalue weighted by atomic mass is 9.71. The molecule has 1 aromatic carbocycles. The van der Waals surface area contributed by atoms with E-state index in [9.17, 15) is 8.78 Å². The number of piperazine rings is 1. The molecule has 0 unspecified atom stereocenters. The van der Waals surface area contributed by atoms with Gasteiger partial charge in [-0.3, -0.25) is 9.58 Å². The third-order valence-corrected chi connectivity index (χ3v) is 8.78. The fourth-order valence-corrected chi connectivity index (χ4v) is 6.68. The van der Waals surface area contributed by atoms with Crippen molar-refractivity contribution in [2.75, 3.05) is 32.1 Å². The second-order valence-electron chi connectivity index (χ2n) is 11.1. The molecular formula is C26H31F2N7O. The lowest BCUT2D eigenvalue weighted by Gasteiger charge is -2.36. The summed E-state index contributed by atoms with van der Waals surface area (Å²) >= 11 is 0. The standard InChI is InChI=1S/C26H31F2N7O/c1-36-22-4-16(11-34-13-19-5-20(34)9-29-19)2-3-18(22)12-35-23-21(10-33-35)31-15-32-24(23)30-8-17-6-25(7-17)14-26(25,27)28/h2-4,10,15,17,19-20,29H,5-9,11-14H2,1H3,(H,30,31,32)/t17?,19-,20-,25?/m0/s1. The molecule has 2 aliphatic carbocycles. The van der Waals surface area contributed by atoms with Gasteiger partial charge in [0.2, 0.25) is 0 Å². The summed E-state index contributed by atoms with van der Waals surface area (Å²) in [5.74, 6) is -0.678. The number of hydrogen-bond acceptors (Lipinski definition) is 7. The molecule has 2 saturated heterocycles. The number of methoxy groups -OCH3 is 1. The maximum atomic E-state index is 13.6. The lowest BCUT2D eigenvalue weighted by molar-refractivity contribution is 0.00528. The Hall–Kier alpha value is -2.85. The summed E-state index contributed by atoms with van der Waals surface area (Å²) in [7, 11) is 1.70. The van der Waals surface area contributed by atoms with E-state index in [0.29, 0.717) is 43.8 Å². The van der Waals surface area contributed by atoms with E-state index in [1.54, 1.807) is 13.3 Å². The number of ether oxygens (including phenoxy) is 1. The van der Waals surface area contributed by atoms with E-state index in [2.05, 4.69) is 48.8 Å². The highest BCUT2D eigenvalue weighted by Crippen LogP contribution is 2.72. The Morgan fingerprint density at radius 1 is 1.22 bits per heavy atom. The normalized spacial score (nSPS) is 30.1. The van der Waals surface area contributed by atoms with Gasteiger partial charge in [0, 0.05) is 55.7 Å². The van der Waals surface area contributed by atoms with Crippen molar-refractivity contribution in [2.24, 2.45) is 11.3 Å². The minimum Gasteiger partial charge on any atom is -0.496 e. The van der Waals surface area contributed by atoms with Crippen molar-refractivity contribution >= 4 is 16.9 Å². The van der Waals surface area contributed by atoms with Crippen molar-refractivity contribution in [1.82, 2.24) is 30.0 Å². The first kappa shape index (κ1) is 22.4. The summed E-state index contributed by atoms with van der Waals surface area (Å²) in [5, 5.41) is 11.5. The van der Waals surface area contributed by atoms with E-state index in [1.807, 2.05) is 4.68 Å². The number of aromatic nitrogens is 4. The van der Waals surface area contributed by atoms with Crippen LogP contribution < -0.4 is 15.4 Å². The molecule has 2 saturated carbocycles. The van der Waals surface area contributed by atoms with Gasteiger partial charge in [0.05, 0.1) is 19.9 Å². The molecule has 10 heteroatoms. The number of alkyl halides is 2. The van der Waals surface area contributed by atoms with Crippen LogP contribution in [0.5, 0.6) is 5.75 Å². The molecule has 0 amide bonds. The van der Waals surface area contributed by atoms with E-state index >= 15 is 0 Å². The van der Waals surface area contributed by atoms with Gasteiger partial charge in [-0.1, -0.05) is 12.1 Å². The van der Waals surface area contributed by atoms with Gasteiger partial charge in [-0.15, -0.1) is 0 Å². The predicted molar refractivity (Wildman–Crippen MR) is 131 cm³/mol. The third kappa shape index (κ3) is 3.64. The fourth-order valence-electron chi connectivity index (χ4n) is 6.68. The molecule has 7 rings (SSSR count). The molecule has 2 atom stereocenters. The molecule has 36 heavy (non-hydrogen) atoms. The Labute approximate surface area is 208 Å². The van der Waals surface area contributed by atoms with Crippen LogP contribution in [0.15, 0.2) is 30.7 Å². The van der Waals surface area contributed by atoms with Crippen LogP contribution in [0, 0.1) is 11.3 Å². The molecule has 2 aromatic heterocycles. The van der Waals surface area contributed by atoms with E-state index in [-0.39, 0.29) is 12.3 Å². The SMILES string of the molecule is COc1cc(CN2C[C@@H]3C[C@H]2CN3)ccc1Cn1ncc2ncnc(NCC3CC4(C3)CC4(F)F)c21. The number of halogens is 2. The van der Waals surface area contributed by atoms with Gasteiger partial charge >= 0.3 is 0 Å². The Balaban J connectivity index is 1.06. The van der Waals surface area contributed by atoms with Gasteiger partial charge in [-0.2, -0.15) is 5.10 Å². The van der Waals surface area contributed by atoms with E-state index in [4.69, 9.17) is 4.74 Å². The average molecular weight is 496 g/mol. The Bertz CT molecular complexity index is 1300. The first-order valence-corrected chi connectivity index (χ1v) is 12.8. The fraction of sp³-hybridized carbons (Fsp3) is 0.577. The van der Waals surface area contributed by atoms with Crippen LogP contribution in [-0.2, 0) is 13.1 Å². The van der Waals surface area contributed by atoms with Gasteiger partial charge in [-0.05, 0) is 36.8 Å². The zero-order chi connectivity index (χ0) is 24.5. The summed E-state index contributed by atoms with van der Waals surface area (Å²) in [6.07, 6.45) is 5.72. The summed E-state index contributed by atoms with van der Waals surface area (Å²) in [5.41, 5.74) is 3.13. The Morgan fingerprint density at radius 3 is 2.81 bits per heavy atom. The van der Waals surface area contributed by atoms with Crippen molar-refractivity contribution in [3.05, 3.63) is 41.9 Å². The number of fused-ring (bicyclic) bond motifs is 3. The van der Waals surface area contributed by atoms with Crippen molar-refractivity contribution < 1.29 is 13.5 Å². The molecule has 0 radical (unpaired) electrons. The van der Waals surface area contributed by atoms with Crippen LogP contribution in [-0.4, -0.2) is 69.4 Å². The van der Waals surface area contributed by atoms with E-state index in [0.717, 1.165) is 42.0 Å². The van der Waals surface area contributed by atoms with Crippen molar-refractivity contribution in [1.29, 1.82) is 0 Å². The quantitative estimate of drug-likeness (QED) is 0.497. The van der Waals surface area contributed by atoms with Crippen LogP contribution in [0.1, 0.15) is 36.8 Å². The predicted octanol–water partition coefficient (Wildman–Crippen LogP) is 3.28. The minimum atomic E-state index is -2.45. The molecule has 4 heterocycles. The molecule has 4 aliphatic rings. The largest absolute Gasteiger partial charge is 0.496 e. The molecular weight excluding hydrogens is 464 g/mol. The number of rotatable bonds is 8. The van der Waals surface area contributed by atoms with Gasteiger partial charge in [0.1, 0.15) is 23.1 Å². The van der Waals surface area contributed by atoms with Crippen LogP contribution in [0.2, 0.25) is 0 Å². The Kier molecular flexibility index (Phi) is 5.02. The number of benzene rings is 1. The van der Waals surface area contributed by atoms with E-state index in [1.165, 1.54) is 18.3 Å². The highest BCUT2D eigenvalue weighted by molar-refractivity contribution is 5.85. The molecule has 3 aromatic rings. The van der Waals surface area contributed by atoms with Crippen LogP contribution >= 0.6 is 0 Å². The van der Waals surface area contributed by atoms with Crippen molar-refractivity contribution in [2.45, 2.75) is 56.8 Å². The summed E-state index contributed by atoms with van der Waals surface area (Å²) in [6, 6.07) is 7.70. The van der Waals surface area contributed by atoms with Gasteiger partial charge in [-0.25, -0.2) is 18.7 Å². The molecule has 8 nitrogen and oxygen atoms in total. The molecule has 2 N–H and O–H groups in total. The molecule has 4 fully saturated rings. The summed E-state index contributed by atoms with van der Waals surface area (Å²) in [4.78, 5) is 11.4. The van der Waals surface area contributed by atoms with Gasteiger partial charge in [0.25, 0.3) is 5.92 Å². The molecule has 2 bridgehead atoms. The maximum absolute atomic E-state index is 13.6. The number of anilines is 1. The topological polar surface area (TPSA) is 80.1 Å². The zero-order valence-electron chi connectivity index (χ0n) is 20.4. The van der Waals surface area contributed by atoms with Gasteiger partial charge < -0.3 is 15.4 Å². The highest BCUT2D eigenvalue weighted by atomic mass is 19.3. The second kappa shape index (κ2) is 8.08. The number of nitrogens with zero attached hydrogens (tertiary/aromatic N) is 5. The van der Waals surface area contributed by atoms with Crippen molar-refractivity contribution in [3.8, 4) is 5.75 Å². The monoisotopic (exact) mass is 495 g/mol. The average Bonchev–Trinajstić information content (AvgIpc) is 3.31. The molecule has 190 valence electrons. The second-order valence-corrected chi connectivity index (χ2v) is 11.1. The lowest BCUT2D eigenvalue weighted by Crippen LogP contribution is -2.42. The van der Waals surface area contributed by atoms with Crippen LogP contribution in [0.25, 0.3) is 11.0 Å². The third-order valence-electron chi connectivity index (χ3n) is 8.78. The smallest absolute Gasteiger partial charge is 0.254 e. The first-order valence-electron chi connectivity index (χ1n) is 12.8. The minimum absolute atomic E-state index is 0.0536. The summed E-state index contributed by atoms with van der Waals surface area (Å²) < 4.78 is 34.8. The molecule has 2 aliphatic heterocycles. The zero-order valence-corrected chi connectivity index (χ0v) is 20.4. The van der Waals surface area contributed by atoms with Gasteiger partial charge in [0.15, 0.2) is 5.82 Å². The number of hydrogen-bond donors (Lipinski definition) is 2. The summed E-state index contributed by atoms with van der Waals surface area (Å²) in [6.45, 7) is 4.26. The Morgan fingerprint density at radius 2 is 2.08 bits per heavy atom. The number of likely N-dealkylation sites (tertiary alicyclic amines) is 1.